The second-order valence-electron chi connectivity index (χ2n) is 5.36. The Kier molecular flexibility index (Phi) is 5.56. The standard InChI is InChI=1S/C20H13Cl2NO3/c21-15-8-11-17(22)18(12-15)23-19(24)13-6-9-16(10-7-13)26-20(25)14-4-2-1-3-5-14/h1-12H,(H,23,24). The van der Waals surface area contributed by atoms with Crippen LogP contribution in [-0.4, -0.2) is 11.9 Å². The van der Waals surface area contributed by atoms with E-state index in [-0.39, 0.29) is 5.91 Å². The molecule has 3 aromatic carbocycles. The van der Waals surface area contributed by atoms with Gasteiger partial charge in [0.1, 0.15) is 5.75 Å². The normalized spacial score (nSPS) is 10.2. The summed E-state index contributed by atoms with van der Waals surface area (Å²) in [6, 6.07) is 19.7. The van der Waals surface area contributed by atoms with Crippen molar-refractivity contribution >= 4 is 40.8 Å². The van der Waals surface area contributed by atoms with Crippen LogP contribution < -0.4 is 10.1 Å². The fourth-order valence-electron chi connectivity index (χ4n) is 2.20. The third-order valence-corrected chi connectivity index (χ3v) is 4.08. The molecule has 0 saturated heterocycles. The van der Waals surface area contributed by atoms with Crippen LogP contribution in [0.2, 0.25) is 10.0 Å². The second kappa shape index (κ2) is 8.04. The Labute approximate surface area is 160 Å². The molecule has 0 saturated carbocycles. The minimum absolute atomic E-state index is 0.344. The van der Waals surface area contributed by atoms with Crippen molar-refractivity contribution in [3.63, 3.8) is 0 Å². The zero-order valence-corrected chi connectivity index (χ0v) is 14.9. The zero-order chi connectivity index (χ0) is 18.5. The Bertz CT molecular complexity index is 941. The molecule has 1 N–H and O–H groups in total. The van der Waals surface area contributed by atoms with E-state index in [1.165, 1.54) is 0 Å². The molecular weight excluding hydrogens is 373 g/mol. The fraction of sp³-hybridized carbons (Fsp3) is 0. The van der Waals surface area contributed by atoms with E-state index in [0.717, 1.165) is 0 Å². The molecule has 0 fully saturated rings. The highest BCUT2D eigenvalue weighted by molar-refractivity contribution is 6.35. The number of halogens is 2. The van der Waals surface area contributed by atoms with Crippen LogP contribution in [0.5, 0.6) is 5.75 Å². The van der Waals surface area contributed by atoms with Gasteiger partial charge < -0.3 is 10.1 Å². The number of amides is 1. The van der Waals surface area contributed by atoms with Crippen molar-refractivity contribution in [3.8, 4) is 5.75 Å². The van der Waals surface area contributed by atoms with Crippen molar-refractivity contribution < 1.29 is 14.3 Å². The number of ether oxygens (including phenoxy) is 1. The number of hydrogen-bond acceptors (Lipinski definition) is 3. The second-order valence-corrected chi connectivity index (χ2v) is 6.20. The molecule has 130 valence electrons. The average Bonchev–Trinajstić information content (AvgIpc) is 2.66. The molecule has 4 nitrogen and oxygen atoms in total. The van der Waals surface area contributed by atoms with E-state index in [1.807, 2.05) is 6.07 Å². The maximum atomic E-state index is 12.3. The van der Waals surface area contributed by atoms with Crippen LogP contribution in [0.3, 0.4) is 0 Å². The molecule has 0 aliphatic carbocycles. The lowest BCUT2D eigenvalue weighted by Crippen LogP contribution is -2.12. The largest absolute Gasteiger partial charge is 0.423 e. The monoisotopic (exact) mass is 385 g/mol. The van der Waals surface area contributed by atoms with E-state index in [4.69, 9.17) is 27.9 Å². The van der Waals surface area contributed by atoms with Gasteiger partial charge >= 0.3 is 5.97 Å². The SMILES string of the molecule is O=C(Nc1cc(Cl)ccc1Cl)c1ccc(OC(=O)c2ccccc2)cc1. The summed E-state index contributed by atoms with van der Waals surface area (Å²) in [5, 5.41) is 3.54. The highest BCUT2D eigenvalue weighted by atomic mass is 35.5. The number of benzene rings is 3. The van der Waals surface area contributed by atoms with E-state index >= 15 is 0 Å². The predicted octanol–water partition coefficient (Wildman–Crippen LogP) is 5.46. The Morgan fingerprint density at radius 2 is 1.50 bits per heavy atom. The number of esters is 1. The van der Waals surface area contributed by atoms with Gasteiger partial charge in [-0.15, -0.1) is 0 Å². The highest BCUT2D eigenvalue weighted by Gasteiger charge is 2.11. The summed E-state index contributed by atoms with van der Waals surface area (Å²) in [4.78, 5) is 24.3. The molecule has 3 aromatic rings. The average molecular weight is 386 g/mol. The zero-order valence-electron chi connectivity index (χ0n) is 13.4. The van der Waals surface area contributed by atoms with Crippen LogP contribution in [-0.2, 0) is 0 Å². The van der Waals surface area contributed by atoms with Gasteiger partial charge in [-0.25, -0.2) is 4.79 Å². The first-order valence-electron chi connectivity index (χ1n) is 7.66. The van der Waals surface area contributed by atoms with Gasteiger partial charge in [0.25, 0.3) is 5.91 Å². The lowest BCUT2D eigenvalue weighted by Gasteiger charge is -2.09. The molecule has 0 atom stereocenters. The number of rotatable bonds is 4. The minimum Gasteiger partial charge on any atom is -0.423 e. The number of hydrogen-bond donors (Lipinski definition) is 1. The van der Waals surface area contributed by atoms with Gasteiger partial charge in [0, 0.05) is 10.6 Å². The summed E-state index contributed by atoms with van der Waals surface area (Å²) < 4.78 is 5.28. The molecular formula is C20H13Cl2NO3. The molecule has 26 heavy (non-hydrogen) atoms. The number of carbonyl (C=O) groups is 2. The summed E-state index contributed by atoms with van der Waals surface area (Å²) in [5.41, 5.74) is 1.26. The predicted molar refractivity (Wildman–Crippen MR) is 102 cm³/mol. The Balaban J connectivity index is 1.68. The van der Waals surface area contributed by atoms with Crippen molar-refractivity contribution in [3.05, 3.63) is 94.0 Å². The van der Waals surface area contributed by atoms with Crippen molar-refractivity contribution in [2.75, 3.05) is 5.32 Å². The number of carbonyl (C=O) groups excluding carboxylic acids is 2. The van der Waals surface area contributed by atoms with Gasteiger partial charge in [0.2, 0.25) is 0 Å². The van der Waals surface area contributed by atoms with Crippen molar-refractivity contribution in [2.45, 2.75) is 0 Å². The van der Waals surface area contributed by atoms with Gasteiger partial charge in [-0.05, 0) is 54.6 Å². The molecule has 0 aliphatic rings. The molecule has 0 aliphatic heterocycles. The highest BCUT2D eigenvalue weighted by Crippen LogP contribution is 2.26. The summed E-state index contributed by atoms with van der Waals surface area (Å²) in [6.07, 6.45) is 0. The van der Waals surface area contributed by atoms with Crippen LogP contribution in [0.4, 0.5) is 5.69 Å². The Morgan fingerprint density at radius 1 is 0.808 bits per heavy atom. The lowest BCUT2D eigenvalue weighted by molar-refractivity contribution is 0.0734. The van der Waals surface area contributed by atoms with Crippen LogP contribution in [0.15, 0.2) is 72.8 Å². The molecule has 3 rings (SSSR count). The topological polar surface area (TPSA) is 55.4 Å². The summed E-state index contributed by atoms with van der Waals surface area (Å²) >= 11 is 11.9. The first-order valence-corrected chi connectivity index (χ1v) is 8.42. The minimum atomic E-state index is -0.464. The first kappa shape index (κ1) is 18.0. The molecule has 0 spiro atoms. The van der Waals surface area contributed by atoms with Crippen LogP contribution in [0.1, 0.15) is 20.7 Å². The molecule has 0 aromatic heterocycles. The number of nitrogens with one attached hydrogen (secondary N) is 1. The van der Waals surface area contributed by atoms with Gasteiger partial charge in [0.05, 0.1) is 16.3 Å². The molecule has 1 amide bonds. The van der Waals surface area contributed by atoms with E-state index in [0.29, 0.717) is 32.6 Å². The maximum Gasteiger partial charge on any atom is 0.343 e. The molecule has 0 bridgehead atoms. The van der Waals surface area contributed by atoms with Gasteiger partial charge in [-0.1, -0.05) is 41.4 Å². The molecule has 0 unspecified atom stereocenters. The van der Waals surface area contributed by atoms with Crippen LogP contribution in [0.25, 0.3) is 0 Å². The van der Waals surface area contributed by atoms with E-state index in [2.05, 4.69) is 5.32 Å². The van der Waals surface area contributed by atoms with Crippen molar-refractivity contribution in [2.24, 2.45) is 0 Å². The van der Waals surface area contributed by atoms with E-state index in [1.54, 1.807) is 66.7 Å². The van der Waals surface area contributed by atoms with Gasteiger partial charge in [-0.3, -0.25) is 4.79 Å². The third-order valence-electron chi connectivity index (χ3n) is 3.51. The summed E-state index contributed by atoms with van der Waals surface area (Å²) in [6.45, 7) is 0. The quantitative estimate of drug-likeness (QED) is 0.478. The summed E-state index contributed by atoms with van der Waals surface area (Å²) in [5.74, 6) is -0.472. The lowest BCUT2D eigenvalue weighted by atomic mass is 10.2. The van der Waals surface area contributed by atoms with Gasteiger partial charge in [0.15, 0.2) is 0 Å². The first-order chi connectivity index (χ1) is 12.5. The fourth-order valence-corrected chi connectivity index (χ4v) is 2.54. The summed E-state index contributed by atoms with van der Waals surface area (Å²) in [7, 11) is 0. The van der Waals surface area contributed by atoms with Gasteiger partial charge in [-0.2, -0.15) is 0 Å². The van der Waals surface area contributed by atoms with Crippen LogP contribution in [0, 0.1) is 0 Å². The smallest absolute Gasteiger partial charge is 0.343 e. The Morgan fingerprint density at radius 3 is 2.19 bits per heavy atom. The Hall–Kier alpha value is -2.82. The maximum absolute atomic E-state index is 12.3. The van der Waals surface area contributed by atoms with E-state index < -0.39 is 5.97 Å². The van der Waals surface area contributed by atoms with Crippen LogP contribution >= 0.6 is 23.2 Å². The number of anilines is 1. The van der Waals surface area contributed by atoms with E-state index in [9.17, 15) is 9.59 Å². The van der Waals surface area contributed by atoms with Crippen molar-refractivity contribution in [1.82, 2.24) is 0 Å². The molecule has 6 heteroatoms. The molecule has 0 heterocycles. The third kappa shape index (κ3) is 4.42. The molecule has 0 radical (unpaired) electrons. The van der Waals surface area contributed by atoms with Crippen molar-refractivity contribution in [1.29, 1.82) is 0 Å².